The van der Waals surface area contributed by atoms with Crippen LogP contribution in [0, 0.1) is 0 Å². The molecule has 0 aliphatic heterocycles. The van der Waals surface area contributed by atoms with Crippen LogP contribution in [-0.2, 0) is 11.2 Å². The summed E-state index contributed by atoms with van der Waals surface area (Å²) in [7, 11) is 1.81. The Bertz CT molecular complexity index is 280. The van der Waals surface area contributed by atoms with Gasteiger partial charge >= 0.3 is 0 Å². The van der Waals surface area contributed by atoms with Crippen LogP contribution >= 0.6 is 11.3 Å². The summed E-state index contributed by atoms with van der Waals surface area (Å²) in [6, 6.07) is 4.69. The van der Waals surface area contributed by atoms with Gasteiger partial charge in [0.1, 0.15) is 0 Å². The third-order valence-electron chi connectivity index (χ3n) is 3.34. The molecule has 0 aromatic carbocycles. The van der Waals surface area contributed by atoms with Crippen LogP contribution in [0.2, 0.25) is 0 Å². The Hall–Kier alpha value is -0.380. The van der Waals surface area contributed by atoms with E-state index in [1.54, 1.807) is 0 Å². The number of hydrogen-bond acceptors (Lipinski definition) is 3. The zero-order valence-corrected chi connectivity index (χ0v) is 11.6. The lowest BCUT2D eigenvalue weighted by Crippen LogP contribution is -2.50. The standard InChI is InChI=1S/C13H23NOS/c1-5-13(3,15-4)12(14-6-2)10-11-8-7-9-16-11/h7-9,12,14H,5-6,10H2,1-4H3. The summed E-state index contributed by atoms with van der Waals surface area (Å²) in [5, 5.41) is 5.68. The molecule has 2 nitrogen and oxygen atoms in total. The van der Waals surface area contributed by atoms with Gasteiger partial charge in [0.2, 0.25) is 0 Å². The minimum Gasteiger partial charge on any atom is -0.377 e. The molecular weight excluding hydrogens is 218 g/mol. The molecule has 0 spiro atoms. The summed E-state index contributed by atoms with van der Waals surface area (Å²) in [5.41, 5.74) is -0.0833. The molecule has 1 rings (SSSR count). The van der Waals surface area contributed by atoms with Crippen LogP contribution in [0.25, 0.3) is 0 Å². The van der Waals surface area contributed by atoms with Crippen LogP contribution in [0.5, 0.6) is 0 Å². The maximum Gasteiger partial charge on any atom is 0.0803 e. The van der Waals surface area contributed by atoms with Crippen LogP contribution in [0.4, 0.5) is 0 Å². The van der Waals surface area contributed by atoms with Gasteiger partial charge in [-0.15, -0.1) is 11.3 Å². The topological polar surface area (TPSA) is 21.3 Å². The van der Waals surface area contributed by atoms with E-state index in [2.05, 4.69) is 43.6 Å². The van der Waals surface area contributed by atoms with Gasteiger partial charge in [-0.05, 0) is 37.8 Å². The molecule has 0 aliphatic carbocycles. The first-order valence-corrected chi connectivity index (χ1v) is 6.85. The monoisotopic (exact) mass is 241 g/mol. The molecule has 3 heteroatoms. The van der Waals surface area contributed by atoms with Gasteiger partial charge in [-0.2, -0.15) is 0 Å². The van der Waals surface area contributed by atoms with Crippen LogP contribution in [-0.4, -0.2) is 25.3 Å². The van der Waals surface area contributed by atoms with Crippen molar-refractivity contribution in [3.05, 3.63) is 22.4 Å². The highest BCUT2D eigenvalue weighted by Gasteiger charge is 2.32. The summed E-state index contributed by atoms with van der Waals surface area (Å²) in [4.78, 5) is 1.42. The number of likely N-dealkylation sites (N-methyl/N-ethyl adjacent to an activating group) is 1. The van der Waals surface area contributed by atoms with Crippen LogP contribution < -0.4 is 5.32 Å². The lowest BCUT2D eigenvalue weighted by Gasteiger charge is -2.36. The van der Waals surface area contributed by atoms with Crippen LogP contribution in [0.3, 0.4) is 0 Å². The van der Waals surface area contributed by atoms with Crippen molar-refractivity contribution < 1.29 is 4.74 Å². The third-order valence-corrected chi connectivity index (χ3v) is 4.24. The second-order valence-electron chi connectivity index (χ2n) is 4.26. The molecule has 1 aromatic heterocycles. The smallest absolute Gasteiger partial charge is 0.0803 e. The molecule has 0 aliphatic rings. The van der Waals surface area contributed by atoms with Crippen molar-refractivity contribution in [1.29, 1.82) is 0 Å². The molecule has 0 saturated carbocycles. The Balaban J connectivity index is 2.73. The number of hydrogen-bond donors (Lipinski definition) is 1. The van der Waals surface area contributed by atoms with E-state index in [4.69, 9.17) is 4.74 Å². The Kier molecular flexibility index (Phi) is 5.46. The summed E-state index contributed by atoms with van der Waals surface area (Å²) >= 11 is 1.82. The minimum atomic E-state index is -0.0833. The summed E-state index contributed by atoms with van der Waals surface area (Å²) in [6.07, 6.45) is 2.07. The van der Waals surface area contributed by atoms with Crippen LogP contribution in [0.15, 0.2) is 17.5 Å². The first-order chi connectivity index (χ1) is 7.66. The molecule has 1 aromatic rings. The van der Waals surface area contributed by atoms with Gasteiger partial charge in [0.15, 0.2) is 0 Å². The highest BCUT2D eigenvalue weighted by atomic mass is 32.1. The highest BCUT2D eigenvalue weighted by molar-refractivity contribution is 7.09. The normalized spacial score (nSPS) is 17.0. The van der Waals surface area contributed by atoms with E-state index in [-0.39, 0.29) is 5.60 Å². The summed E-state index contributed by atoms with van der Waals surface area (Å²) in [6.45, 7) is 7.50. The molecule has 2 unspecified atom stereocenters. The van der Waals surface area contributed by atoms with E-state index in [0.29, 0.717) is 6.04 Å². The fourth-order valence-electron chi connectivity index (χ4n) is 1.91. The highest BCUT2D eigenvalue weighted by Crippen LogP contribution is 2.23. The second-order valence-corrected chi connectivity index (χ2v) is 5.30. The minimum absolute atomic E-state index is 0.0833. The average Bonchev–Trinajstić information content (AvgIpc) is 2.80. The van der Waals surface area contributed by atoms with Gasteiger partial charge < -0.3 is 10.1 Å². The predicted molar refractivity (Wildman–Crippen MR) is 71.2 cm³/mol. The first-order valence-electron chi connectivity index (χ1n) is 5.97. The van der Waals surface area contributed by atoms with E-state index < -0.39 is 0 Å². The Morgan fingerprint density at radius 3 is 2.69 bits per heavy atom. The fraction of sp³-hybridized carbons (Fsp3) is 0.692. The molecule has 0 amide bonds. The van der Waals surface area contributed by atoms with E-state index in [1.807, 2.05) is 18.4 Å². The van der Waals surface area contributed by atoms with Crippen molar-refractivity contribution in [2.45, 2.75) is 45.3 Å². The second kappa shape index (κ2) is 6.38. The maximum absolute atomic E-state index is 5.69. The Morgan fingerprint density at radius 2 is 2.25 bits per heavy atom. The molecule has 92 valence electrons. The number of methoxy groups -OCH3 is 1. The van der Waals surface area contributed by atoms with Crippen molar-refractivity contribution in [2.24, 2.45) is 0 Å². The largest absolute Gasteiger partial charge is 0.377 e. The maximum atomic E-state index is 5.69. The molecular formula is C13H23NOS. The van der Waals surface area contributed by atoms with Gasteiger partial charge in [-0.3, -0.25) is 0 Å². The third kappa shape index (κ3) is 3.30. The van der Waals surface area contributed by atoms with E-state index >= 15 is 0 Å². The molecule has 16 heavy (non-hydrogen) atoms. The number of thiophene rings is 1. The molecule has 2 atom stereocenters. The number of ether oxygens (including phenoxy) is 1. The van der Waals surface area contributed by atoms with Crippen LogP contribution in [0.1, 0.15) is 32.1 Å². The summed E-state index contributed by atoms with van der Waals surface area (Å²) < 4.78 is 5.69. The number of nitrogens with one attached hydrogen (secondary N) is 1. The lowest BCUT2D eigenvalue weighted by atomic mass is 9.90. The van der Waals surface area contributed by atoms with Crippen molar-refractivity contribution in [2.75, 3.05) is 13.7 Å². The first kappa shape index (κ1) is 13.7. The van der Waals surface area contributed by atoms with Crippen molar-refractivity contribution >= 4 is 11.3 Å². The van der Waals surface area contributed by atoms with Crippen molar-refractivity contribution in [3.63, 3.8) is 0 Å². The van der Waals surface area contributed by atoms with Gasteiger partial charge in [-0.25, -0.2) is 0 Å². The van der Waals surface area contributed by atoms with Crippen molar-refractivity contribution in [3.8, 4) is 0 Å². The van der Waals surface area contributed by atoms with E-state index in [9.17, 15) is 0 Å². The van der Waals surface area contributed by atoms with E-state index in [0.717, 1.165) is 19.4 Å². The quantitative estimate of drug-likeness (QED) is 0.792. The average molecular weight is 241 g/mol. The SMILES string of the molecule is CCNC(Cc1cccs1)C(C)(CC)OC. The van der Waals surface area contributed by atoms with Gasteiger partial charge in [0.05, 0.1) is 5.60 Å². The molecule has 1 N–H and O–H groups in total. The lowest BCUT2D eigenvalue weighted by molar-refractivity contribution is -0.0281. The van der Waals surface area contributed by atoms with Gasteiger partial charge in [-0.1, -0.05) is 19.9 Å². The zero-order chi connectivity index (χ0) is 12.0. The Labute approximate surface area is 103 Å². The van der Waals surface area contributed by atoms with Gasteiger partial charge in [0.25, 0.3) is 0 Å². The molecule has 0 saturated heterocycles. The molecule has 0 fully saturated rings. The predicted octanol–water partition coefficient (Wildman–Crippen LogP) is 3.08. The molecule has 0 bridgehead atoms. The van der Waals surface area contributed by atoms with Crippen molar-refractivity contribution in [1.82, 2.24) is 5.32 Å². The molecule has 0 radical (unpaired) electrons. The zero-order valence-electron chi connectivity index (χ0n) is 10.7. The number of rotatable bonds is 7. The Morgan fingerprint density at radius 1 is 1.50 bits per heavy atom. The summed E-state index contributed by atoms with van der Waals surface area (Å²) in [5.74, 6) is 0. The fourth-order valence-corrected chi connectivity index (χ4v) is 2.67. The van der Waals surface area contributed by atoms with Gasteiger partial charge in [0, 0.05) is 18.0 Å². The molecule has 1 heterocycles. The van der Waals surface area contributed by atoms with E-state index in [1.165, 1.54) is 4.88 Å².